The molecule has 3 aromatic rings. The molecule has 0 fully saturated rings. The summed E-state index contributed by atoms with van der Waals surface area (Å²) in [7, 11) is 0. The van der Waals surface area contributed by atoms with Crippen LogP contribution in [0, 0.1) is 0 Å². The molecule has 116 valence electrons. The van der Waals surface area contributed by atoms with Gasteiger partial charge in [0.1, 0.15) is 5.15 Å². The summed E-state index contributed by atoms with van der Waals surface area (Å²) in [6.45, 7) is 0. The highest BCUT2D eigenvalue weighted by Gasteiger charge is 2.25. The van der Waals surface area contributed by atoms with E-state index >= 15 is 0 Å². The first-order chi connectivity index (χ1) is 11.1. The van der Waals surface area contributed by atoms with E-state index in [4.69, 9.17) is 23.2 Å². The molecular formula is C18H13BrCl2N2. The second kappa shape index (κ2) is 6.04. The van der Waals surface area contributed by atoms with Crippen molar-refractivity contribution in [3.63, 3.8) is 0 Å². The average molecular weight is 408 g/mol. The summed E-state index contributed by atoms with van der Waals surface area (Å²) in [5, 5.41) is 3.27. The molecule has 0 aliphatic heterocycles. The topological polar surface area (TPSA) is 25.8 Å². The number of nitrogens with zero attached hydrogens (tertiary/aromatic N) is 2. The Balaban J connectivity index is 1.81. The first kappa shape index (κ1) is 15.4. The third-order valence-corrected chi connectivity index (χ3v) is 5.67. The van der Waals surface area contributed by atoms with Gasteiger partial charge in [-0.15, -0.1) is 0 Å². The minimum absolute atomic E-state index is 0.230. The Morgan fingerprint density at radius 2 is 1.83 bits per heavy atom. The van der Waals surface area contributed by atoms with Crippen molar-refractivity contribution in [2.75, 3.05) is 0 Å². The Bertz CT molecular complexity index is 906. The number of halogens is 3. The molecule has 0 N–H and O–H groups in total. The number of fused-ring (bicyclic) bond motifs is 2. The van der Waals surface area contributed by atoms with Gasteiger partial charge in [0, 0.05) is 10.0 Å². The van der Waals surface area contributed by atoms with Crippen molar-refractivity contribution >= 4 is 49.9 Å². The lowest BCUT2D eigenvalue weighted by Gasteiger charge is -2.26. The van der Waals surface area contributed by atoms with Gasteiger partial charge in [0.25, 0.3) is 0 Å². The molecule has 4 rings (SSSR count). The normalized spacial score (nSPS) is 17.3. The summed E-state index contributed by atoms with van der Waals surface area (Å²) in [6, 6.07) is 12.8. The molecule has 1 unspecified atom stereocenters. The van der Waals surface area contributed by atoms with Crippen molar-refractivity contribution in [3.05, 3.63) is 68.1 Å². The summed E-state index contributed by atoms with van der Waals surface area (Å²) in [5.74, 6) is 0.409. The van der Waals surface area contributed by atoms with Crippen molar-refractivity contribution in [2.45, 2.75) is 25.2 Å². The van der Waals surface area contributed by atoms with E-state index in [1.54, 1.807) is 0 Å². The van der Waals surface area contributed by atoms with Crippen LogP contribution in [0.15, 0.2) is 40.9 Å². The van der Waals surface area contributed by atoms with Crippen LogP contribution in [0.2, 0.25) is 10.4 Å². The highest BCUT2D eigenvalue weighted by atomic mass is 79.9. The first-order valence-electron chi connectivity index (χ1n) is 7.51. The van der Waals surface area contributed by atoms with Crippen molar-refractivity contribution in [1.82, 2.24) is 9.97 Å². The van der Waals surface area contributed by atoms with Crippen molar-refractivity contribution in [1.29, 1.82) is 0 Å². The Morgan fingerprint density at radius 3 is 2.65 bits per heavy atom. The second-order valence-corrected chi connectivity index (χ2v) is 7.38. The van der Waals surface area contributed by atoms with E-state index in [9.17, 15) is 0 Å². The van der Waals surface area contributed by atoms with Crippen molar-refractivity contribution in [3.8, 4) is 0 Å². The molecule has 0 radical (unpaired) electrons. The van der Waals surface area contributed by atoms with Gasteiger partial charge < -0.3 is 0 Å². The number of hydrogen-bond acceptors (Lipinski definition) is 2. The standard InChI is InChI=1S/C18H13BrCl2N2/c19-14-6-2-4-10-3-1-5-12(16(10)14)11-7-8-13-15(9-11)22-18(21)23-17(13)20/h1-6,11H,7-9H2. The zero-order valence-electron chi connectivity index (χ0n) is 12.2. The van der Waals surface area contributed by atoms with Crippen LogP contribution in [0.1, 0.15) is 29.2 Å². The fourth-order valence-electron chi connectivity index (χ4n) is 3.47. The summed E-state index contributed by atoms with van der Waals surface area (Å²) in [6.07, 6.45) is 2.77. The second-order valence-electron chi connectivity index (χ2n) is 5.83. The van der Waals surface area contributed by atoms with Crippen molar-refractivity contribution < 1.29 is 0 Å². The lowest BCUT2D eigenvalue weighted by molar-refractivity contribution is 0.573. The SMILES string of the molecule is Clc1nc(Cl)c2c(n1)CC(c1cccc3cccc(Br)c13)CC2. The Kier molecular flexibility index (Phi) is 4.04. The van der Waals surface area contributed by atoms with Gasteiger partial charge in [0.2, 0.25) is 5.28 Å². The van der Waals surface area contributed by atoms with E-state index in [-0.39, 0.29) is 5.28 Å². The molecule has 0 amide bonds. The summed E-state index contributed by atoms with van der Waals surface area (Å²) >= 11 is 15.9. The molecular weight excluding hydrogens is 395 g/mol. The lowest BCUT2D eigenvalue weighted by Crippen LogP contribution is -2.16. The van der Waals surface area contributed by atoms with Gasteiger partial charge >= 0.3 is 0 Å². The van der Waals surface area contributed by atoms with E-state index in [0.29, 0.717) is 11.1 Å². The third kappa shape index (κ3) is 2.75. The minimum atomic E-state index is 0.230. The van der Waals surface area contributed by atoms with Crippen molar-refractivity contribution in [2.24, 2.45) is 0 Å². The van der Waals surface area contributed by atoms with E-state index in [1.165, 1.54) is 16.3 Å². The fraction of sp³-hybridized carbons (Fsp3) is 0.222. The van der Waals surface area contributed by atoms with Gasteiger partial charge in [-0.2, -0.15) is 0 Å². The predicted octanol–water partition coefficient (Wildman–Crippen LogP) is 5.97. The zero-order chi connectivity index (χ0) is 16.0. The molecule has 0 saturated heterocycles. The zero-order valence-corrected chi connectivity index (χ0v) is 15.3. The molecule has 1 aliphatic rings. The molecule has 5 heteroatoms. The average Bonchev–Trinajstić information content (AvgIpc) is 2.54. The van der Waals surface area contributed by atoms with Crippen LogP contribution in [0.4, 0.5) is 0 Å². The predicted molar refractivity (Wildman–Crippen MR) is 98.5 cm³/mol. The monoisotopic (exact) mass is 406 g/mol. The van der Waals surface area contributed by atoms with Gasteiger partial charge in [-0.25, -0.2) is 9.97 Å². The molecule has 0 saturated carbocycles. The van der Waals surface area contributed by atoms with Gasteiger partial charge in [0.05, 0.1) is 5.69 Å². The fourth-order valence-corrected chi connectivity index (χ4v) is 4.59. The Morgan fingerprint density at radius 1 is 1.04 bits per heavy atom. The first-order valence-corrected chi connectivity index (χ1v) is 9.06. The van der Waals surface area contributed by atoms with Gasteiger partial charge in [-0.1, -0.05) is 57.9 Å². The Hall–Kier alpha value is -1.16. The highest BCUT2D eigenvalue weighted by Crippen LogP contribution is 2.39. The molecule has 1 aliphatic carbocycles. The largest absolute Gasteiger partial charge is 0.224 e. The van der Waals surface area contributed by atoms with Gasteiger partial charge in [0.15, 0.2) is 0 Å². The molecule has 0 spiro atoms. The van der Waals surface area contributed by atoms with Crippen LogP contribution in [0.5, 0.6) is 0 Å². The van der Waals surface area contributed by atoms with Gasteiger partial charge in [-0.3, -0.25) is 0 Å². The number of aromatic nitrogens is 2. The molecule has 1 aromatic heterocycles. The molecule has 1 atom stereocenters. The maximum absolute atomic E-state index is 6.22. The van der Waals surface area contributed by atoms with E-state index in [2.05, 4.69) is 62.3 Å². The van der Waals surface area contributed by atoms with Crippen LogP contribution in [-0.4, -0.2) is 9.97 Å². The smallest absolute Gasteiger partial charge is 0.223 e. The highest BCUT2D eigenvalue weighted by molar-refractivity contribution is 9.10. The van der Waals surface area contributed by atoms with Crippen LogP contribution < -0.4 is 0 Å². The lowest BCUT2D eigenvalue weighted by atomic mass is 9.81. The number of benzene rings is 2. The van der Waals surface area contributed by atoms with E-state index < -0.39 is 0 Å². The summed E-state index contributed by atoms with van der Waals surface area (Å²) in [4.78, 5) is 8.47. The number of hydrogen-bond donors (Lipinski definition) is 0. The molecule has 0 bridgehead atoms. The molecule has 1 heterocycles. The van der Waals surface area contributed by atoms with Crippen LogP contribution >= 0.6 is 39.1 Å². The summed E-state index contributed by atoms with van der Waals surface area (Å²) in [5.41, 5.74) is 3.38. The molecule has 2 aromatic carbocycles. The third-order valence-electron chi connectivity index (χ3n) is 4.52. The van der Waals surface area contributed by atoms with Gasteiger partial charge in [-0.05, 0) is 59.2 Å². The van der Waals surface area contributed by atoms with Crippen LogP contribution in [0.25, 0.3) is 10.8 Å². The van der Waals surface area contributed by atoms with Crippen LogP contribution in [0.3, 0.4) is 0 Å². The van der Waals surface area contributed by atoms with E-state index in [0.717, 1.165) is 35.0 Å². The quantitative estimate of drug-likeness (QED) is 0.366. The molecule has 23 heavy (non-hydrogen) atoms. The molecule has 2 nitrogen and oxygen atoms in total. The minimum Gasteiger partial charge on any atom is -0.223 e. The number of rotatable bonds is 1. The maximum Gasteiger partial charge on any atom is 0.224 e. The maximum atomic E-state index is 6.22. The Labute approximate surface area is 153 Å². The summed E-state index contributed by atoms with van der Waals surface area (Å²) < 4.78 is 1.13. The van der Waals surface area contributed by atoms with E-state index in [1.807, 2.05) is 0 Å². The van der Waals surface area contributed by atoms with Crippen LogP contribution in [-0.2, 0) is 12.8 Å².